The second-order valence-electron chi connectivity index (χ2n) is 4.43. The molecule has 1 heterocycles. The molecular weight excluding hydrogens is 218 g/mol. The third kappa shape index (κ3) is 4.72. The van der Waals surface area contributed by atoms with Gasteiger partial charge in [0.25, 0.3) is 0 Å². The van der Waals surface area contributed by atoms with Crippen LogP contribution in [0.1, 0.15) is 19.3 Å². The first-order chi connectivity index (χ1) is 8.17. The van der Waals surface area contributed by atoms with Crippen LogP contribution in [0.15, 0.2) is 0 Å². The van der Waals surface area contributed by atoms with Crippen LogP contribution in [-0.2, 0) is 9.53 Å². The molecule has 1 amide bonds. The molecule has 5 nitrogen and oxygen atoms in total. The number of carbonyl (C=O) groups is 1. The van der Waals surface area contributed by atoms with Crippen molar-refractivity contribution in [2.24, 2.45) is 0 Å². The summed E-state index contributed by atoms with van der Waals surface area (Å²) in [7, 11) is 3.49. The maximum absolute atomic E-state index is 11.8. The summed E-state index contributed by atoms with van der Waals surface area (Å²) < 4.78 is 5.29. The molecule has 17 heavy (non-hydrogen) atoms. The van der Waals surface area contributed by atoms with Crippen molar-refractivity contribution in [1.29, 1.82) is 5.26 Å². The first kappa shape index (κ1) is 13.9. The summed E-state index contributed by atoms with van der Waals surface area (Å²) in [6.07, 6.45) is 2.73. The lowest BCUT2D eigenvalue weighted by Gasteiger charge is -2.31. The summed E-state index contributed by atoms with van der Waals surface area (Å²) in [5, 5.41) is 8.46. The van der Waals surface area contributed by atoms with Crippen LogP contribution in [-0.4, -0.2) is 62.1 Å². The largest absolute Gasteiger partial charge is 0.381 e. The quantitative estimate of drug-likeness (QED) is 0.700. The summed E-state index contributed by atoms with van der Waals surface area (Å²) in [5.74, 6) is 0.0936. The summed E-state index contributed by atoms with van der Waals surface area (Å²) in [4.78, 5) is 15.6. The highest BCUT2D eigenvalue weighted by atomic mass is 16.5. The number of nitrogens with zero attached hydrogens (tertiary/aromatic N) is 3. The van der Waals surface area contributed by atoms with Crippen molar-refractivity contribution >= 4 is 5.91 Å². The van der Waals surface area contributed by atoms with Crippen LogP contribution in [0, 0.1) is 11.3 Å². The number of hydrogen-bond acceptors (Lipinski definition) is 4. The monoisotopic (exact) mass is 239 g/mol. The molecule has 1 aliphatic heterocycles. The fourth-order valence-electron chi connectivity index (χ4n) is 1.96. The molecule has 96 valence electrons. The maximum atomic E-state index is 11.8. The van der Waals surface area contributed by atoms with Crippen molar-refractivity contribution in [3.8, 4) is 6.07 Å². The Labute approximate surface area is 103 Å². The number of likely N-dealkylation sites (tertiary alicyclic amines) is 1. The zero-order chi connectivity index (χ0) is 12.7. The molecule has 1 aliphatic rings. The summed E-state index contributed by atoms with van der Waals surface area (Å²) in [5.41, 5.74) is 0. The highest BCUT2D eigenvalue weighted by molar-refractivity contribution is 5.78. The average Bonchev–Trinajstić information content (AvgIpc) is 2.36. The number of likely N-dealkylation sites (N-methyl/N-ethyl adjacent to an activating group) is 1. The van der Waals surface area contributed by atoms with Crippen molar-refractivity contribution in [3.63, 3.8) is 0 Å². The van der Waals surface area contributed by atoms with Crippen LogP contribution in [0.25, 0.3) is 0 Å². The third-order valence-corrected chi connectivity index (χ3v) is 3.21. The number of hydrogen-bond donors (Lipinski definition) is 0. The topological polar surface area (TPSA) is 56.6 Å². The molecule has 0 aromatic rings. The zero-order valence-electron chi connectivity index (χ0n) is 10.7. The van der Waals surface area contributed by atoms with Crippen LogP contribution >= 0.6 is 0 Å². The average molecular weight is 239 g/mol. The van der Waals surface area contributed by atoms with E-state index in [-0.39, 0.29) is 5.91 Å². The number of nitriles is 1. The summed E-state index contributed by atoms with van der Waals surface area (Å²) >= 11 is 0. The number of ether oxygens (including phenoxy) is 1. The van der Waals surface area contributed by atoms with E-state index < -0.39 is 0 Å². The normalized spacial score (nSPS) is 17.7. The Hall–Kier alpha value is -1.12. The maximum Gasteiger partial charge on any atom is 0.236 e. The van der Waals surface area contributed by atoms with Gasteiger partial charge in [0, 0.05) is 33.8 Å². The molecule has 5 heteroatoms. The number of rotatable bonds is 5. The van der Waals surface area contributed by atoms with Crippen LogP contribution in [0.5, 0.6) is 0 Å². The smallest absolute Gasteiger partial charge is 0.236 e. The molecule has 0 saturated carbocycles. The molecule has 0 atom stereocenters. The van der Waals surface area contributed by atoms with Crippen LogP contribution in [0.3, 0.4) is 0 Å². The van der Waals surface area contributed by atoms with Gasteiger partial charge in [0.15, 0.2) is 0 Å². The van der Waals surface area contributed by atoms with Gasteiger partial charge in [-0.1, -0.05) is 0 Å². The number of methoxy groups -OCH3 is 1. The highest BCUT2D eigenvalue weighted by Crippen LogP contribution is 2.12. The third-order valence-electron chi connectivity index (χ3n) is 3.21. The van der Waals surface area contributed by atoms with Crippen LogP contribution in [0.2, 0.25) is 0 Å². The van der Waals surface area contributed by atoms with E-state index in [9.17, 15) is 4.79 Å². The SMILES string of the molecule is COC1CCN(CC(=O)N(C)CCC#N)CC1. The highest BCUT2D eigenvalue weighted by Gasteiger charge is 2.21. The number of piperidine rings is 1. The van der Waals surface area contributed by atoms with Crippen molar-refractivity contribution < 1.29 is 9.53 Å². The van der Waals surface area contributed by atoms with Crippen LogP contribution < -0.4 is 0 Å². The van der Waals surface area contributed by atoms with Crippen molar-refractivity contribution in [2.45, 2.75) is 25.4 Å². The lowest BCUT2D eigenvalue weighted by Crippen LogP contribution is -2.43. The summed E-state index contributed by atoms with van der Waals surface area (Å²) in [6, 6.07) is 2.05. The minimum absolute atomic E-state index is 0.0936. The van der Waals surface area contributed by atoms with E-state index in [1.165, 1.54) is 0 Å². The Morgan fingerprint density at radius 3 is 2.71 bits per heavy atom. The van der Waals surface area contributed by atoms with Gasteiger partial charge in [-0.05, 0) is 12.8 Å². The number of carbonyl (C=O) groups excluding carboxylic acids is 1. The fourth-order valence-corrected chi connectivity index (χ4v) is 1.96. The fraction of sp³-hybridized carbons (Fsp3) is 0.833. The van der Waals surface area contributed by atoms with E-state index >= 15 is 0 Å². The van der Waals surface area contributed by atoms with Gasteiger partial charge in [0.1, 0.15) is 0 Å². The Kier molecular flexibility index (Phi) is 5.95. The molecule has 0 unspecified atom stereocenters. The standard InChI is InChI=1S/C12H21N3O2/c1-14(7-3-6-13)12(16)10-15-8-4-11(17-2)5-9-15/h11H,3-5,7-10H2,1-2H3. The van der Waals surface area contributed by atoms with E-state index in [2.05, 4.69) is 4.90 Å². The van der Waals surface area contributed by atoms with Crippen LogP contribution in [0.4, 0.5) is 0 Å². The predicted molar refractivity (Wildman–Crippen MR) is 64.3 cm³/mol. The molecule has 0 bridgehead atoms. The second kappa shape index (κ2) is 7.25. The van der Waals surface area contributed by atoms with Gasteiger partial charge >= 0.3 is 0 Å². The Bertz CT molecular complexity index is 280. The van der Waals surface area contributed by atoms with E-state index in [0.717, 1.165) is 25.9 Å². The Morgan fingerprint density at radius 2 is 2.18 bits per heavy atom. The van der Waals surface area contributed by atoms with Gasteiger partial charge in [-0.3, -0.25) is 9.69 Å². The zero-order valence-corrected chi connectivity index (χ0v) is 10.7. The van der Waals surface area contributed by atoms with Crippen molar-refractivity contribution in [2.75, 3.05) is 40.3 Å². The first-order valence-electron chi connectivity index (χ1n) is 6.03. The van der Waals surface area contributed by atoms with E-state index in [0.29, 0.717) is 25.6 Å². The lowest BCUT2D eigenvalue weighted by atomic mass is 10.1. The molecule has 0 aromatic heterocycles. The molecule has 0 aliphatic carbocycles. The minimum Gasteiger partial charge on any atom is -0.381 e. The molecule has 0 spiro atoms. The molecular formula is C12H21N3O2. The number of amides is 1. The molecule has 0 aromatic carbocycles. The summed E-state index contributed by atoms with van der Waals surface area (Å²) in [6.45, 7) is 2.80. The van der Waals surface area contributed by atoms with E-state index in [1.54, 1.807) is 19.1 Å². The van der Waals surface area contributed by atoms with E-state index in [1.807, 2.05) is 6.07 Å². The van der Waals surface area contributed by atoms with Gasteiger partial charge in [-0.2, -0.15) is 5.26 Å². The van der Waals surface area contributed by atoms with Gasteiger partial charge in [-0.25, -0.2) is 0 Å². The molecule has 1 fully saturated rings. The van der Waals surface area contributed by atoms with Crippen molar-refractivity contribution in [1.82, 2.24) is 9.80 Å². The molecule has 1 rings (SSSR count). The van der Waals surface area contributed by atoms with E-state index in [4.69, 9.17) is 10.00 Å². The van der Waals surface area contributed by atoms with Gasteiger partial charge in [0.05, 0.1) is 25.1 Å². The lowest BCUT2D eigenvalue weighted by molar-refractivity contribution is -0.131. The molecule has 0 N–H and O–H groups in total. The second-order valence-corrected chi connectivity index (χ2v) is 4.43. The molecule has 1 saturated heterocycles. The van der Waals surface area contributed by atoms with Gasteiger partial charge in [0.2, 0.25) is 5.91 Å². The van der Waals surface area contributed by atoms with Gasteiger partial charge < -0.3 is 9.64 Å². The Morgan fingerprint density at radius 1 is 1.53 bits per heavy atom. The minimum atomic E-state index is 0.0936. The molecule has 0 radical (unpaired) electrons. The predicted octanol–water partition coefficient (Wildman–Crippen LogP) is 0.469. The van der Waals surface area contributed by atoms with Gasteiger partial charge in [-0.15, -0.1) is 0 Å². The first-order valence-corrected chi connectivity index (χ1v) is 6.03. The Balaban J connectivity index is 2.25. The van der Waals surface area contributed by atoms with Crippen molar-refractivity contribution in [3.05, 3.63) is 0 Å².